The predicted molar refractivity (Wildman–Crippen MR) is 132 cm³/mol. The lowest BCUT2D eigenvalue weighted by Crippen LogP contribution is -2.28. The molecule has 1 heterocycles. The maximum atomic E-state index is 13.4. The molecule has 0 bridgehead atoms. The summed E-state index contributed by atoms with van der Waals surface area (Å²) in [7, 11) is 0. The molecule has 33 heavy (non-hydrogen) atoms. The summed E-state index contributed by atoms with van der Waals surface area (Å²) in [5.74, 6) is 4.33. The van der Waals surface area contributed by atoms with Crippen LogP contribution in [0.25, 0.3) is 0 Å². The Morgan fingerprint density at radius 2 is 1.88 bits per heavy atom. The molecule has 2 atom stereocenters. The number of anilines is 1. The molecule has 0 aliphatic heterocycles. The van der Waals surface area contributed by atoms with Crippen LogP contribution in [0.1, 0.15) is 99.4 Å². The van der Waals surface area contributed by atoms with Crippen molar-refractivity contribution in [1.29, 1.82) is 0 Å². The minimum absolute atomic E-state index is 0.0663. The Kier molecular flexibility index (Phi) is 5.92. The van der Waals surface area contributed by atoms with Crippen LogP contribution >= 0.6 is 0 Å². The average Bonchev–Trinajstić information content (AvgIpc) is 3.35. The van der Waals surface area contributed by atoms with Crippen LogP contribution in [0.5, 0.6) is 0 Å². The molecular formula is C28H38N4O. The average molecular weight is 447 g/mol. The molecule has 3 fully saturated rings. The molecular weight excluding hydrogens is 408 g/mol. The van der Waals surface area contributed by atoms with Gasteiger partial charge < -0.3 is 9.88 Å². The second-order valence-corrected chi connectivity index (χ2v) is 11.4. The lowest BCUT2D eigenvalue weighted by atomic mass is 9.71. The topological polar surface area (TPSA) is 59.8 Å². The summed E-state index contributed by atoms with van der Waals surface area (Å²) >= 11 is 0. The fourth-order valence-electron chi connectivity index (χ4n) is 6.08. The molecule has 176 valence electrons. The minimum atomic E-state index is -0.136. The maximum Gasteiger partial charge on any atom is 0.228 e. The number of carbonyl (C=O) groups excluding carboxylic acids is 1. The summed E-state index contributed by atoms with van der Waals surface area (Å²) in [4.78, 5) is 13.4. The van der Waals surface area contributed by atoms with Crippen LogP contribution in [0, 0.1) is 31.6 Å². The van der Waals surface area contributed by atoms with E-state index in [-0.39, 0.29) is 17.7 Å². The Bertz CT molecular complexity index is 1060. The van der Waals surface area contributed by atoms with Gasteiger partial charge in [0, 0.05) is 23.6 Å². The van der Waals surface area contributed by atoms with E-state index in [1.165, 1.54) is 43.5 Å². The second-order valence-electron chi connectivity index (χ2n) is 11.4. The van der Waals surface area contributed by atoms with Crippen molar-refractivity contribution in [3.63, 3.8) is 0 Å². The van der Waals surface area contributed by atoms with Crippen molar-refractivity contribution in [3.05, 3.63) is 53.1 Å². The van der Waals surface area contributed by atoms with Gasteiger partial charge >= 0.3 is 0 Å². The fraction of sp³-hybridized carbons (Fsp3) is 0.607. The van der Waals surface area contributed by atoms with E-state index < -0.39 is 0 Å². The van der Waals surface area contributed by atoms with E-state index in [0.717, 1.165) is 47.3 Å². The molecule has 3 saturated carbocycles. The zero-order valence-electron chi connectivity index (χ0n) is 20.6. The van der Waals surface area contributed by atoms with Gasteiger partial charge in [-0.2, -0.15) is 0 Å². The molecule has 1 N–H and O–H groups in total. The van der Waals surface area contributed by atoms with Crippen molar-refractivity contribution in [3.8, 4) is 0 Å². The number of aromatic nitrogens is 3. The number of hydrogen-bond donors (Lipinski definition) is 1. The first-order valence-corrected chi connectivity index (χ1v) is 12.8. The maximum absolute atomic E-state index is 13.4. The monoisotopic (exact) mass is 446 g/mol. The molecule has 0 saturated heterocycles. The van der Waals surface area contributed by atoms with Gasteiger partial charge in [0.25, 0.3) is 0 Å². The van der Waals surface area contributed by atoms with Crippen LogP contribution in [0.4, 0.5) is 5.69 Å². The fourth-order valence-corrected chi connectivity index (χ4v) is 6.08. The van der Waals surface area contributed by atoms with Crippen molar-refractivity contribution in [2.24, 2.45) is 17.8 Å². The zero-order chi connectivity index (χ0) is 23.3. The summed E-state index contributed by atoms with van der Waals surface area (Å²) in [6, 6.07) is 6.69. The van der Waals surface area contributed by atoms with Gasteiger partial charge in [-0.15, -0.1) is 10.2 Å². The summed E-state index contributed by atoms with van der Waals surface area (Å²) in [5.41, 5.74) is 4.35. The Morgan fingerprint density at radius 1 is 1.15 bits per heavy atom. The normalized spacial score (nSPS) is 27.1. The Balaban J connectivity index is 1.37. The standard InChI is InChI=1S/C28H38N4O/c1-16(2)10-20-14-21(15-20)26-30-31-27(32(26)22-7-8-22)23-12-18(4)13-24(23)28(33)29-25-9-6-17(3)11-19(25)5/h6,9,11,16,20-24H,4,7-8,10,12-15H2,1-3,5H3,(H,29,33)/t20?,21?,23-,24-/m0/s1. The van der Waals surface area contributed by atoms with Crippen LogP contribution < -0.4 is 5.32 Å². The lowest BCUT2D eigenvalue weighted by Gasteiger charge is -2.36. The lowest BCUT2D eigenvalue weighted by molar-refractivity contribution is -0.120. The summed E-state index contributed by atoms with van der Waals surface area (Å²) < 4.78 is 2.44. The number of amides is 1. The highest BCUT2D eigenvalue weighted by atomic mass is 16.1. The molecule has 0 unspecified atom stereocenters. The van der Waals surface area contributed by atoms with E-state index in [2.05, 4.69) is 56.3 Å². The second kappa shape index (κ2) is 8.73. The first-order chi connectivity index (χ1) is 15.8. The highest BCUT2D eigenvalue weighted by molar-refractivity contribution is 5.94. The Hall–Kier alpha value is -2.43. The molecule has 5 nitrogen and oxygen atoms in total. The third-order valence-electron chi connectivity index (χ3n) is 7.88. The summed E-state index contributed by atoms with van der Waals surface area (Å²) in [5, 5.41) is 12.7. The summed E-state index contributed by atoms with van der Waals surface area (Å²) in [6.07, 6.45) is 7.74. The van der Waals surface area contributed by atoms with E-state index in [1.807, 2.05) is 6.07 Å². The van der Waals surface area contributed by atoms with Crippen LogP contribution in [0.2, 0.25) is 0 Å². The zero-order valence-corrected chi connectivity index (χ0v) is 20.6. The van der Waals surface area contributed by atoms with Crippen molar-refractivity contribution in [2.75, 3.05) is 5.32 Å². The van der Waals surface area contributed by atoms with Gasteiger partial charge in [0.2, 0.25) is 5.91 Å². The number of carbonyl (C=O) groups is 1. The molecule has 5 rings (SSSR count). The van der Waals surface area contributed by atoms with E-state index in [1.54, 1.807) is 0 Å². The smallest absolute Gasteiger partial charge is 0.228 e. The highest BCUT2D eigenvalue weighted by Crippen LogP contribution is 2.50. The van der Waals surface area contributed by atoms with E-state index in [0.29, 0.717) is 12.0 Å². The molecule has 3 aliphatic rings. The van der Waals surface area contributed by atoms with Crippen LogP contribution in [0.3, 0.4) is 0 Å². The van der Waals surface area contributed by atoms with Gasteiger partial charge in [-0.1, -0.05) is 43.7 Å². The van der Waals surface area contributed by atoms with Crippen molar-refractivity contribution >= 4 is 11.6 Å². The van der Waals surface area contributed by atoms with Crippen LogP contribution in [0.15, 0.2) is 30.4 Å². The first kappa shape index (κ1) is 22.4. The van der Waals surface area contributed by atoms with E-state index in [9.17, 15) is 4.79 Å². The molecule has 0 radical (unpaired) electrons. The van der Waals surface area contributed by atoms with Crippen molar-refractivity contribution in [1.82, 2.24) is 14.8 Å². The van der Waals surface area contributed by atoms with Gasteiger partial charge in [0.15, 0.2) is 0 Å². The first-order valence-electron chi connectivity index (χ1n) is 12.8. The van der Waals surface area contributed by atoms with Crippen LogP contribution in [-0.4, -0.2) is 20.7 Å². The van der Waals surface area contributed by atoms with Gasteiger partial charge in [-0.25, -0.2) is 0 Å². The van der Waals surface area contributed by atoms with Gasteiger partial charge in [-0.3, -0.25) is 4.79 Å². The Morgan fingerprint density at radius 3 is 2.55 bits per heavy atom. The van der Waals surface area contributed by atoms with Gasteiger partial charge in [0.1, 0.15) is 11.6 Å². The molecule has 2 aromatic rings. The van der Waals surface area contributed by atoms with E-state index in [4.69, 9.17) is 10.2 Å². The number of allylic oxidation sites excluding steroid dienone is 1. The molecule has 3 aliphatic carbocycles. The van der Waals surface area contributed by atoms with Gasteiger partial charge in [-0.05, 0) is 82.3 Å². The van der Waals surface area contributed by atoms with Crippen molar-refractivity contribution < 1.29 is 4.79 Å². The van der Waals surface area contributed by atoms with E-state index >= 15 is 0 Å². The number of nitrogens with one attached hydrogen (secondary N) is 1. The third kappa shape index (κ3) is 4.51. The van der Waals surface area contributed by atoms with Crippen LogP contribution in [-0.2, 0) is 4.79 Å². The molecule has 1 aromatic heterocycles. The van der Waals surface area contributed by atoms with Crippen molar-refractivity contribution in [2.45, 2.75) is 90.5 Å². The van der Waals surface area contributed by atoms with Gasteiger partial charge in [0.05, 0.1) is 5.92 Å². The molecule has 5 heteroatoms. The number of benzene rings is 1. The largest absolute Gasteiger partial charge is 0.326 e. The third-order valence-corrected chi connectivity index (χ3v) is 7.88. The number of aryl methyl sites for hydroxylation is 2. The number of rotatable bonds is 7. The summed E-state index contributed by atoms with van der Waals surface area (Å²) in [6.45, 7) is 13.0. The minimum Gasteiger partial charge on any atom is -0.326 e. The molecule has 1 amide bonds. The number of nitrogens with zero attached hydrogens (tertiary/aromatic N) is 3. The molecule has 0 spiro atoms. The molecule has 1 aromatic carbocycles. The predicted octanol–water partition coefficient (Wildman–Crippen LogP) is 6.46. The highest BCUT2D eigenvalue weighted by Gasteiger charge is 2.44. The quantitative estimate of drug-likeness (QED) is 0.497. The number of hydrogen-bond acceptors (Lipinski definition) is 3. The Labute approximate surface area is 198 Å². The SMILES string of the molecule is C=C1C[C@H](C(=O)Nc2ccc(C)cc2C)[C@@H](c2nnc(C3CC(CC(C)C)C3)n2C2CC2)C1.